The number of anilines is 1. The molecule has 1 saturated heterocycles. The number of nitrogens with one attached hydrogen (secondary N) is 2. The number of pyridine rings is 1. The van der Waals surface area contributed by atoms with E-state index in [2.05, 4.69) is 15.6 Å². The summed E-state index contributed by atoms with van der Waals surface area (Å²) in [6.07, 6.45) is -1.53. The second-order valence-corrected chi connectivity index (χ2v) is 6.05. The van der Waals surface area contributed by atoms with Gasteiger partial charge in [0.1, 0.15) is 5.69 Å². The quantitative estimate of drug-likeness (QED) is 0.886. The molecule has 1 aliphatic rings. The van der Waals surface area contributed by atoms with Crippen molar-refractivity contribution in [2.75, 3.05) is 18.4 Å². The van der Waals surface area contributed by atoms with Gasteiger partial charge in [0, 0.05) is 18.4 Å². The maximum Gasteiger partial charge on any atom is 0.417 e. The first-order valence-corrected chi connectivity index (χ1v) is 8.09. The van der Waals surface area contributed by atoms with Crippen molar-refractivity contribution < 1.29 is 18.0 Å². The summed E-state index contributed by atoms with van der Waals surface area (Å²) in [6, 6.07) is 9.44. The Morgan fingerprint density at radius 1 is 1.16 bits per heavy atom. The van der Waals surface area contributed by atoms with Gasteiger partial charge in [0.15, 0.2) is 0 Å². The third-order valence-electron chi connectivity index (χ3n) is 4.26. The lowest BCUT2D eigenvalue weighted by Gasteiger charge is -2.23. The zero-order valence-electron chi connectivity index (χ0n) is 13.4. The highest BCUT2D eigenvalue weighted by molar-refractivity contribution is 6.02. The van der Waals surface area contributed by atoms with Gasteiger partial charge in [-0.05, 0) is 55.1 Å². The lowest BCUT2D eigenvalue weighted by Crippen LogP contribution is -2.28. The lowest BCUT2D eigenvalue weighted by molar-refractivity contribution is -0.137. The number of carbonyl (C=O) groups excluding carboxylic acids is 1. The molecule has 7 heteroatoms. The van der Waals surface area contributed by atoms with Crippen molar-refractivity contribution in [3.63, 3.8) is 0 Å². The minimum atomic E-state index is -4.47. The highest BCUT2D eigenvalue weighted by Crippen LogP contribution is 2.28. The normalized spacial score (nSPS) is 18.0. The Balaban J connectivity index is 1.64. The fraction of sp³-hybridized carbons (Fsp3) is 0.333. The van der Waals surface area contributed by atoms with Gasteiger partial charge in [-0.1, -0.05) is 12.1 Å². The second-order valence-electron chi connectivity index (χ2n) is 6.05. The molecule has 1 aromatic carbocycles. The molecule has 132 valence electrons. The van der Waals surface area contributed by atoms with Crippen LogP contribution in [0.5, 0.6) is 0 Å². The summed E-state index contributed by atoms with van der Waals surface area (Å²) in [5, 5.41) is 6.01. The van der Waals surface area contributed by atoms with Gasteiger partial charge in [0.25, 0.3) is 5.91 Å². The monoisotopic (exact) mass is 349 g/mol. The molecule has 0 radical (unpaired) electrons. The molecular weight excluding hydrogens is 331 g/mol. The molecule has 0 bridgehead atoms. The molecule has 2 N–H and O–H groups in total. The van der Waals surface area contributed by atoms with Crippen LogP contribution in [-0.4, -0.2) is 24.0 Å². The van der Waals surface area contributed by atoms with Gasteiger partial charge in [-0.25, -0.2) is 0 Å². The maximum atomic E-state index is 12.5. The Labute approximate surface area is 143 Å². The first-order valence-electron chi connectivity index (χ1n) is 8.09. The van der Waals surface area contributed by atoms with E-state index < -0.39 is 17.6 Å². The van der Waals surface area contributed by atoms with Crippen molar-refractivity contribution in [2.24, 2.45) is 0 Å². The zero-order chi connectivity index (χ0) is 17.9. The molecule has 4 nitrogen and oxygen atoms in total. The predicted molar refractivity (Wildman–Crippen MR) is 88.5 cm³/mol. The van der Waals surface area contributed by atoms with E-state index >= 15 is 0 Å². The van der Waals surface area contributed by atoms with Crippen LogP contribution in [0.2, 0.25) is 0 Å². The van der Waals surface area contributed by atoms with Gasteiger partial charge >= 0.3 is 6.18 Å². The molecule has 0 unspecified atom stereocenters. The SMILES string of the molecule is O=C(Nc1ccc([C@H]2CCCNC2)cc1)c1ccc(C(F)(F)F)cn1. The topological polar surface area (TPSA) is 54.0 Å². The van der Waals surface area contributed by atoms with Gasteiger partial charge in [-0.3, -0.25) is 9.78 Å². The highest BCUT2D eigenvalue weighted by atomic mass is 19.4. The first-order chi connectivity index (χ1) is 11.9. The molecule has 0 aliphatic carbocycles. The largest absolute Gasteiger partial charge is 0.417 e. The summed E-state index contributed by atoms with van der Waals surface area (Å²) >= 11 is 0. The van der Waals surface area contributed by atoms with E-state index in [4.69, 9.17) is 0 Å². The van der Waals surface area contributed by atoms with Gasteiger partial charge in [0.2, 0.25) is 0 Å². The summed E-state index contributed by atoms with van der Waals surface area (Å²) in [5.41, 5.74) is 0.847. The fourth-order valence-corrected chi connectivity index (χ4v) is 2.87. The van der Waals surface area contributed by atoms with Gasteiger partial charge < -0.3 is 10.6 Å². The molecule has 2 aromatic rings. The van der Waals surface area contributed by atoms with Crippen LogP contribution >= 0.6 is 0 Å². The third-order valence-corrected chi connectivity index (χ3v) is 4.26. The van der Waals surface area contributed by atoms with Gasteiger partial charge in [-0.2, -0.15) is 13.2 Å². The standard InChI is InChI=1S/C18H18F3N3O/c19-18(20,21)14-5-8-16(23-11-14)17(25)24-15-6-3-12(4-7-15)13-2-1-9-22-10-13/h3-8,11,13,22H,1-2,9-10H2,(H,24,25)/t13-/m0/s1. The lowest BCUT2D eigenvalue weighted by atomic mass is 9.92. The smallest absolute Gasteiger partial charge is 0.321 e. The number of alkyl halides is 3. The maximum absolute atomic E-state index is 12.5. The van der Waals surface area contributed by atoms with Crippen LogP contribution < -0.4 is 10.6 Å². The van der Waals surface area contributed by atoms with Crippen molar-refractivity contribution in [1.29, 1.82) is 0 Å². The van der Waals surface area contributed by atoms with Crippen LogP contribution in [0.15, 0.2) is 42.6 Å². The number of amides is 1. The van der Waals surface area contributed by atoms with E-state index in [-0.39, 0.29) is 5.69 Å². The Kier molecular flexibility index (Phi) is 5.03. The molecule has 0 saturated carbocycles. The number of nitrogens with zero attached hydrogens (tertiary/aromatic N) is 1. The minimum absolute atomic E-state index is 0.0615. The van der Waals surface area contributed by atoms with Crippen molar-refractivity contribution in [1.82, 2.24) is 10.3 Å². The molecule has 0 spiro atoms. The van der Waals surface area contributed by atoms with Gasteiger partial charge in [-0.15, -0.1) is 0 Å². The van der Waals surface area contributed by atoms with E-state index in [1.165, 1.54) is 5.56 Å². The number of benzene rings is 1. The average Bonchev–Trinajstić information content (AvgIpc) is 2.62. The Hall–Kier alpha value is -2.41. The predicted octanol–water partition coefficient (Wildman–Crippen LogP) is 3.82. The number of carbonyl (C=O) groups is 1. The van der Waals surface area contributed by atoms with Crippen molar-refractivity contribution >= 4 is 11.6 Å². The summed E-state index contributed by atoms with van der Waals surface area (Å²) in [7, 11) is 0. The number of piperidine rings is 1. The average molecular weight is 349 g/mol. The molecule has 25 heavy (non-hydrogen) atoms. The third kappa shape index (κ3) is 4.36. The molecule has 3 rings (SSSR count). The summed E-state index contributed by atoms with van der Waals surface area (Å²) in [5.74, 6) is -0.0733. The molecule has 1 aliphatic heterocycles. The fourth-order valence-electron chi connectivity index (χ4n) is 2.87. The van der Waals surface area contributed by atoms with E-state index in [9.17, 15) is 18.0 Å². The van der Waals surface area contributed by atoms with E-state index in [0.29, 0.717) is 17.8 Å². The van der Waals surface area contributed by atoms with Crippen molar-refractivity contribution in [2.45, 2.75) is 24.9 Å². The van der Waals surface area contributed by atoms with Crippen LogP contribution in [-0.2, 0) is 6.18 Å². The number of aromatic nitrogens is 1. The summed E-state index contributed by atoms with van der Waals surface area (Å²) in [4.78, 5) is 15.7. The molecule has 1 atom stereocenters. The molecular formula is C18H18F3N3O. The minimum Gasteiger partial charge on any atom is -0.321 e. The van der Waals surface area contributed by atoms with E-state index in [0.717, 1.165) is 38.1 Å². The van der Waals surface area contributed by atoms with E-state index in [1.54, 1.807) is 12.1 Å². The number of hydrogen-bond acceptors (Lipinski definition) is 3. The molecule has 1 fully saturated rings. The number of hydrogen-bond donors (Lipinski definition) is 2. The van der Waals surface area contributed by atoms with Crippen LogP contribution in [0.25, 0.3) is 0 Å². The van der Waals surface area contributed by atoms with Crippen LogP contribution in [0, 0.1) is 0 Å². The first kappa shape index (κ1) is 17.4. The van der Waals surface area contributed by atoms with Crippen molar-refractivity contribution in [3.8, 4) is 0 Å². The number of halogens is 3. The Bertz CT molecular complexity index is 721. The second kappa shape index (κ2) is 7.23. The highest BCUT2D eigenvalue weighted by Gasteiger charge is 2.30. The summed E-state index contributed by atoms with van der Waals surface area (Å²) in [6.45, 7) is 1.99. The number of rotatable bonds is 3. The zero-order valence-corrected chi connectivity index (χ0v) is 13.4. The van der Waals surface area contributed by atoms with Crippen LogP contribution in [0.1, 0.15) is 40.4 Å². The van der Waals surface area contributed by atoms with Crippen LogP contribution in [0.4, 0.5) is 18.9 Å². The van der Waals surface area contributed by atoms with Crippen LogP contribution in [0.3, 0.4) is 0 Å². The van der Waals surface area contributed by atoms with E-state index in [1.807, 2.05) is 12.1 Å². The summed E-state index contributed by atoms with van der Waals surface area (Å²) < 4.78 is 37.5. The Morgan fingerprint density at radius 3 is 2.48 bits per heavy atom. The Morgan fingerprint density at radius 2 is 1.92 bits per heavy atom. The molecule has 1 aromatic heterocycles. The van der Waals surface area contributed by atoms with Gasteiger partial charge in [0.05, 0.1) is 5.56 Å². The molecule has 2 heterocycles. The molecule has 1 amide bonds. The van der Waals surface area contributed by atoms with Crippen molar-refractivity contribution in [3.05, 3.63) is 59.4 Å².